The number of aromatic nitrogens is 1. The monoisotopic (exact) mass is 353 g/mol. The maximum absolute atomic E-state index is 11.1. The molecule has 1 heterocycles. The molecule has 0 bridgehead atoms. The molecule has 1 aliphatic rings. The SMILES string of the molecule is O=C(/C=C/c1ccc2c(c1)CCC2N(CCO)Cc1cccnc1)NO. The lowest BCUT2D eigenvalue weighted by Gasteiger charge is -2.29. The van der Waals surface area contributed by atoms with Gasteiger partial charge in [0.05, 0.1) is 6.61 Å². The number of hydrogen-bond acceptors (Lipinski definition) is 5. The predicted molar refractivity (Wildman–Crippen MR) is 98.2 cm³/mol. The smallest absolute Gasteiger partial charge is 0.267 e. The maximum Gasteiger partial charge on any atom is 0.267 e. The van der Waals surface area contributed by atoms with E-state index in [0.717, 1.165) is 30.5 Å². The minimum atomic E-state index is -0.547. The van der Waals surface area contributed by atoms with Gasteiger partial charge in [-0.3, -0.25) is 19.9 Å². The second-order valence-corrected chi connectivity index (χ2v) is 6.38. The van der Waals surface area contributed by atoms with Crippen molar-refractivity contribution < 1.29 is 15.1 Å². The summed E-state index contributed by atoms with van der Waals surface area (Å²) in [6.07, 6.45) is 8.56. The van der Waals surface area contributed by atoms with E-state index in [1.165, 1.54) is 17.2 Å². The van der Waals surface area contributed by atoms with Crippen molar-refractivity contribution in [3.63, 3.8) is 0 Å². The van der Waals surface area contributed by atoms with Crippen LogP contribution in [0.2, 0.25) is 0 Å². The summed E-state index contributed by atoms with van der Waals surface area (Å²) < 4.78 is 0. The molecular weight excluding hydrogens is 330 g/mol. The number of hydrogen-bond donors (Lipinski definition) is 3. The molecule has 6 nitrogen and oxygen atoms in total. The zero-order valence-electron chi connectivity index (χ0n) is 14.5. The largest absolute Gasteiger partial charge is 0.395 e. The fourth-order valence-corrected chi connectivity index (χ4v) is 3.51. The summed E-state index contributed by atoms with van der Waals surface area (Å²) in [4.78, 5) is 17.6. The van der Waals surface area contributed by atoms with E-state index >= 15 is 0 Å². The van der Waals surface area contributed by atoms with Gasteiger partial charge in [-0.2, -0.15) is 0 Å². The van der Waals surface area contributed by atoms with Crippen LogP contribution in [0.4, 0.5) is 0 Å². The second-order valence-electron chi connectivity index (χ2n) is 6.38. The van der Waals surface area contributed by atoms with Gasteiger partial charge in [0.25, 0.3) is 5.91 Å². The third-order valence-corrected chi connectivity index (χ3v) is 4.69. The number of nitrogens with one attached hydrogen (secondary N) is 1. The van der Waals surface area contributed by atoms with E-state index in [9.17, 15) is 9.90 Å². The molecule has 1 atom stereocenters. The van der Waals surface area contributed by atoms with Crippen molar-refractivity contribution in [3.8, 4) is 0 Å². The van der Waals surface area contributed by atoms with E-state index in [4.69, 9.17) is 5.21 Å². The van der Waals surface area contributed by atoms with Gasteiger partial charge < -0.3 is 5.11 Å². The van der Waals surface area contributed by atoms with Gasteiger partial charge in [0, 0.05) is 37.6 Å². The normalized spacial score (nSPS) is 16.2. The predicted octanol–water partition coefficient (Wildman–Crippen LogP) is 2.08. The van der Waals surface area contributed by atoms with Crippen molar-refractivity contribution >= 4 is 12.0 Å². The highest BCUT2D eigenvalue weighted by atomic mass is 16.5. The minimum absolute atomic E-state index is 0.114. The van der Waals surface area contributed by atoms with Gasteiger partial charge in [-0.25, -0.2) is 5.48 Å². The highest BCUT2D eigenvalue weighted by Crippen LogP contribution is 2.37. The number of amides is 1. The molecule has 1 aliphatic carbocycles. The molecule has 3 N–H and O–H groups in total. The van der Waals surface area contributed by atoms with Crippen molar-refractivity contribution in [2.45, 2.75) is 25.4 Å². The molecule has 1 unspecified atom stereocenters. The van der Waals surface area contributed by atoms with Crippen LogP contribution in [0.1, 0.15) is 34.7 Å². The zero-order chi connectivity index (χ0) is 18.4. The number of pyridine rings is 1. The molecule has 0 fully saturated rings. The fourth-order valence-electron chi connectivity index (χ4n) is 3.51. The molecule has 0 spiro atoms. The number of nitrogens with zero attached hydrogens (tertiary/aromatic N) is 2. The first kappa shape index (κ1) is 18.3. The van der Waals surface area contributed by atoms with E-state index in [-0.39, 0.29) is 12.6 Å². The van der Waals surface area contributed by atoms with Crippen LogP contribution in [0.3, 0.4) is 0 Å². The lowest BCUT2D eigenvalue weighted by atomic mass is 10.0. The van der Waals surface area contributed by atoms with E-state index in [1.807, 2.05) is 24.4 Å². The first-order chi connectivity index (χ1) is 12.7. The van der Waals surface area contributed by atoms with Crippen molar-refractivity contribution in [2.75, 3.05) is 13.2 Å². The Balaban J connectivity index is 1.78. The van der Waals surface area contributed by atoms with Crippen LogP contribution in [0, 0.1) is 0 Å². The third-order valence-electron chi connectivity index (χ3n) is 4.69. The number of carbonyl (C=O) groups is 1. The lowest BCUT2D eigenvalue weighted by molar-refractivity contribution is -0.124. The molecule has 0 radical (unpaired) electrons. The molecule has 0 saturated carbocycles. The molecule has 2 aromatic rings. The molecule has 6 heteroatoms. The zero-order valence-corrected chi connectivity index (χ0v) is 14.5. The standard InChI is InChI=1S/C20H23N3O3/c24-11-10-23(14-16-2-1-9-21-13-16)19-7-5-17-12-15(3-6-18(17)19)4-8-20(25)22-26/h1-4,6,8-9,12-13,19,24,26H,5,7,10-11,14H2,(H,22,25)/b8-4+. The quantitative estimate of drug-likeness (QED) is 0.403. The summed E-state index contributed by atoms with van der Waals surface area (Å²) in [5.74, 6) is -0.547. The van der Waals surface area contributed by atoms with E-state index in [0.29, 0.717) is 6.54 Å². The second kappa shape index (κ2) is 8.71. The molecule has 1 aromatic carbocycles. The maximum atomic E-state index is 11.1. The van der Waals surface area contributed by atoms with Crippen LogP contribution < -0.4 is 5.48 Å². The third kappa shape index (κ3) is 4.35. The van der Waals surface area contributed by atoms with Crippen LogP contribution in [-0.4, -0.2) is 39.3 Å². The Morgan fingerprint density at radius 2 is 2.27 bits per heavy atom. The number of aryl methyl sites for hydroxylation is 1. The number of aliphatic hydroxyl groups is 1. The average Bonchev–Trinajstić information content (AvgIpc) is 3.09. The summed E-state index contributed by atoms with van der Waals surface area (Å²) in [6.45, 7) is 1.47. The molecule has 0 saturated heterocycles. The number of fused-ring (bicyclic) bond motifs is 1. The lowest BCUT2D eigenvalue weighted by Crippen LogP contribution is -2.30. The summed E-state index contributed by atoms with van der Waals surface area (Å²) in [5, 5.41) is 18.0. The summed E-state index contributed by atoms with van der Waals surface area (Å²) in [7, 11) is 0. The molecule has 0 aliphatic heterocycles. The number of rotatable bonds is 7. The Labute approximate surface area is 152 Å². The molecule has 1 amide bonds. The van der Waals surface area contributed by atoms with Gasteiger partial charge in [0.2, 0.25) is 0 Å². The summed E-state index contributed by atoms with van der Waals surface area (Å²) in [5.41, 5.74) is 6.17. The Hall–Kier alpha value is -2.54. The van der Waals surface area contributed by atoms with Gasteiger partial charge in [-0.15, -0.1) is 0 Å². The molecule has 136 valence electrons. The molecular formula is C20H23N3O3. The van der Waals surface area contributed by atoms with Crippen molar-refractivity contribution in [1.82, 2.24) is 15.4 Å². The fraction of sp³-hybridized carbons (Fsp3) is 0.300. The molecule has 1 aromatic heterocycles. The van der Waals surface area contributed by atoms with Crippen molar-refractivity contribution in [2.24, 2.45) is 0 Å². The van der Waals surface area contributed by atoms with Crippen molar-refractivity contribution in [3.05, 3.63) is 71.1 Å². The van der Waals surface area contributed by atoms with Crippen LogP contribution >= 0.6 is 0 Å². The van der Waals surface area contributed by atoms with Crippen LogP contribution in [0.15, 0.2) is 48.8 Å². The van der Waals surface area contributed by atoms with Gasteiger partial charge in [0.15, 0.2) is 0 Å². The first-order valence-corrected chi connectivity index (χ1v) is 8.70. The van der Waals surface area contributed by atoms with Gasteiger partial charge in [0.1, 0.15) is 0 Å². The van der Waals surface area contributed by atoms with Gasteiger partial charge >= 0.3 is 0 Å². The van der Waals surface area contributed by atoms with Crippen molar-refractivity contribution in [1.29, 1.82) is 0 Å². The molecule has 26 heavy (non-hydrogen) atoms. The van der Waals surface area contributed by atoms with Gasteiger partial charge in [-0.1, -0.05) is 24.3 Å². The van der Waals surface area contributed by atoms with Crippen LogP contribution in [0.25, 0.3) is 6.08 Å². The Morgan fingerprint density at radius 1 is 1.38 bits per heavy atom. The Kier molecular flexibility index (Phi) is 6.12. The van der Waals surface area contributed by atoms with Crippen LogP contribution in [-0.2, 0) is 17.8 Å². The number of benzene rings is 1. The Bertz CT molecular complexity index is 777. The summed E-state index contributed by atoms with van der Waals surface area (Å²) >= 11 is 0. The number of carbonyl (C=O) groups excluding carboxylic acids is 1. The first-order valence-electron chi connectivity index (χ1n) is 8.70. The Morgan fingerprint density at radius 3 is 3.00 bits per heavy atom. The highest BCUT2D eigenvalue weighted by molar-refractivity contribution is 5.90. The van der Waals surface area contributed by atoms with Gasteiger partial charge in [-0.05, 0) is 47.2 Å². The average molecular weight is 353 g/mol. The van der Waals surface area contributed by atoms with E-state index in [1.54, 1.807) is 17.8 Å². The van der Waals surface area contributed by atoms with Crippen LogP contribution in [0.5, 0.6) is 0 Å². The number of hydroxylamine groups is 1. The minimum Gasteiger partial charge on any atom is -0.395 e. The van der Waals surface area contributed by atoms with E-state index in [2.05, 4.69) is 22.0 Å². The summed E-state index contributed by atoms with van der Waals surface area (Å²) in [6, 6.07) is 10.4. The van der Waals surface area contributed by atoms with E-state index < -0.39 is 5.91 Å². The topological polar surface area (TPSA) is 85.7 Å². The molecule has 3 rings (SSSR count). The number of aliphatic hydroxyl groups excluding tert-OH is 1. The highest BCUT2D eigenvalue weighted by Gasteiger charge is 2.27.